The lowest BCUT2D eigenvalue weighted by atomic mass is 10.3. The first kappa shape index (κ1) is 12.5. The lowest BCUT2D eigenvalue weighted by Gasteiger charge is -1.93. The van der Waals surface area contributed by atoms with Crippen LogP contribution in [0.2, 0.25) is 0 Å². The van der Waals surface area contributed by atoms with Crippen LogP contribution in [0.1, 0.15) is 20.8 Å². The van der Waals surface area contributed by atoms with E-state index in [1.165, 1.54) is 14.0 Å². The van der Waals surface area contributed by atoms with E-state index in [0.717, 1.165) is 6.29 Å². The maximum atomic E-state index is 10.5. The summed E-state index contributed by atoms with van der Waals surface area (Å²) in [5, 5.41) is 0. The van der Waals surface area contributed by atoms with Crippen LogP contribution in [0.3, 0.4) is 0 Å². The van der Waals surface area contributed by atoms with Crippen LogP contribution >= 0.6 is 0 Å². The predicted octanol–water partition coefficient (Wildman–Crippen LogP) is 1.33. The highest BCUT2D eigenvalue weighted by Gasteiger charge is 1.98. The van der Waals surface area contributed by atoms with Crippen molar-refractivity contribution in [3.63, 3.8) is 0 Å². The lowest BCUT2D eigenvalue weighted by Crippen LogP contribution is -2.00. The molecular weight excluding hydrogens is 144 g/mol. The Hall–Kier alpha value is -1.12. The van der Waals surface area contributed by atoms with Gasteiger partial charge in [-0.1, -0.05) is 6.08 Å². The monoisotopic (exact) mass is 158 g/mol. The molecule has 0 radical (unpaired) electrons. The van der Waals surface area contributed by atoms with E-state index in [9.17, 15) is 4.79 Å². The van der Waals surface area contributed by atoms with Gasteiger partial charge < -0.3 is 9.53 Å². The molecule has 64 valence electrons. The molecule has 0 fully saturated rings. The number of esters is 1. The molecule has 0 N–H and O–H groups in total. The zero-order valence-corrected chi connectivity index (χ0v) is 7.38. The van der Waals surface area contributed by atoms with Gasteiger partial charge in [-0.05, 0) is 20.8 Å². The van der Waals surface area contributed by atoms with Gasteiger partial charge >= 0.3 is 5.97 Å². The number of hydrogen-bond acceptors (Lipinski definition) is 3. The Morgan fingerprint density at radius 3 is 1.82 bits per heavy atom. The Kier molecular flexibility index (Phi) is 10.1. The third kappa shape index (κ3) is 8.88. The largest absolute Gasteiger partial charge is 0.466 e. The summed E-state index contributed by atoms with van der Waals surface area (Å²) in [5.74, 6) is -0.257. The number of carbonyl (C=O) groups excluding carboxylic acids is 2. The van der Waals surface area contributed by atoms with Crippen molar-refractivity contribution in [2.75, 3.05) is 7.11 Å². The van der Waals surface area contributed by atoms with Gasteiger partial charge in [-0.2, -0.15) is 0 Å². The first-order valence-corrected chi connectivity index (χ1v) is 3.25. The molecule has 0 rings (SSSR count). The maximum Gasteiger partial charge on any atom is 0.333 e. The van der Waals surface area contributed by atoms with Gasteiger partial charge in [0.15, 0.2) is 0 Å². The van der Waals surface area contributed by atoms with Crippen LogP contribution in [-0.2, 0) is 14.3 Å². The van der Waals surface area contributed by atoms with Gasteiger partial charge in [0.25, 0.3) is 0 Å². The molecule has 11 heavy (non-hydrogen) atoms. The number of hydrogen-bond donors (Lipinski definition) is 0. The molecule has 0 aromatic rings. The Balaban J connectivity index is 0. The standard InChI is InChI=1S/C6H10O2.C2H4O/c1-4-5(2)6(7)8-3;1-2-3/h4H,1-3H3;2H,1H3/b5-4+;. The molecule has 0 bridgehead atoms. The third-order valence-corrected chi connectivity index (χ3v) is 0.940. The molecule has 0 aromatic carbocycles. The van der Waals surface area contributed by atoms with Gasteiger partial charge in [0.05, 0.1) is 7.11 Å². The third-order valence-electron chi connectivity index (χ3n) is 0.940. The van der Waals surface area contributed by atoms with Crippen molar-refractivity contribution in [3.8, 4) is 0 Å². The maximum absolute atomic E-state index is 10.5. The molecule has 0 saturated heterocycles. The van der Waals surface area contributed by atoms with Crippen LogP contribution in [0, 0.1) is 0 Å². The molecule has 0 aliphatic carbocycles. The van der Waals surface area contributed by atoms with Gasteiger partial charge in [0.2, 0.25) is 0 Å². The highest BCUT2D eigenvalue weighted by Crippen LogP contribution is 1.92. The van der Waals surface area contributed by atoms with Crippen molar-refractivity contribution in [1.82, 2.24) is 0 Å². The van der Waals surface area contributed by atoms with Gasteiger partial charge in [0.1, 0.15) is 6.29 Å². The minimum absolute atomic E-state index is 0.257. The second-order valence-corrected chi connectivity index (χ2v) is 1.70. The molecule has 3 heteroatoms. The van der Waals surface area contributed by atoms with Crippen LogP contribution in [-0.4, -0.2) is 19.4 Å². The average molecular weight is 158 g/mol. The van der Waals surface area contributed by atoms with E-state index in [1.54, 1.807) is 19.9 Å². The van der Waals surface area contributed by atoms with Crippen molar-refractivity contribution in [3.05, 3.63) is 11.6 Å². The van der Waals surface area contributed by atoms with Crippen molar-refractivity contribution in [2.45, 2.75) is 20.8 Å². The second-order valence-electron chi connectivity index (χ2n) is 1.70. The summed E-state index contributed by atoms with van der Waals surface area (Å²) in [5.41, 5.74) is 0.646. The number of aldehydes is 1. The predicted molar refractivity (Wildman–Crippen MR) is 43.2 cm³/mol. The molecule has 0 saturated carbocycles. The minimum atomic E-state index is -0.257. The topological polar surface area (TPSA) is 43.4 Å². The summed E-state index contributed by atoms with van der Waals surface area (Å²) in [6, 6.07) is 0. The Morgan fingerprint density at radius 2 is 1.73 bits per heavy atom. The van der Waals surface area contributed by atoms with Gasteiger partial charge in [0, 0.05) is 5.57 Å². The average Bonchev–Trinajstić information content (AvgIpc) is 2.03. The number of methoxy groups -OCH3 is 1. The number of carbonyl (C=O) groups is 2. The van der Waals surface area contributed by atoms with Crippen molar-refractivity contribution < 1.29 is 14.3 Å². The Bertz CT molecular complexity index is 147. The second kappa shape index (κ2) is 8.88. The van der Waals surface area contributed by atoms with Crippen molar-refractivity contribution >= 4 is 12.3 Å². The normalized spacial score (nSPS) is 9.27. The first-order valence-electron chi connectivity index (χ1n) is 3.25. The summed E-state index contributed by atoms with van der Waals surface area (Å²) < 4.78 is 4.40. The van der Waals surface area contributed by atoms with Crippen LogP contribution < -0.4 is 0 Å². The molecule has 0 aliphatic heterocycles. The van der Waals surface area contributed by atoms with Gasteiger partial charge in [-0.25, -0.2) is 4.79 Å². The molecule has 0 aliphatic rings. The summed E-state index contributed by atoms with van der Waals surface area (Å²) in [7, 11) is 1.37. The molecule has 3 nitrogen and oxygen atoms in total. The van der Waals surface area contributed by atoms with Crippen LogP contribution in [0.5, 0.6) is 0 Å². The molecule has 0 aromatic heterocycles. The van der Waals surface area contributed by atoms with Crippen molar-refractivity contribution in [1.29, 1.82) is 0 Å². The number of rotatable bonds is 1. The lowest BCUT2D eigenvalue weighted by molar-refractivity contribution is -0.136. The van der Waals surface area contributed by atoms with Gasteiger partial charge in [-0.3, -0.25) is 0 Å². The van der Waals surface area contributed by atoms with Crippen LogP contribution in [0.25, 0.3) is 0 Å². The van der Waals surface area contributed by atoms with E-state index in [0.29, 0.717) is 5.57 Å². The summed E-state index contributed by atoms with van der Waals surface area (Å²) >= 11 is 0. The number of allylic oxidation sites excluding steroid dienone is 1. The fourth-order valence-corrected chi connectivity index (χ4v) is 0.279. The fraction of sp³-hybridized carbons (Fsp3) is 0.500. The zero-order valence-electron chi connectivity index (χ0n) is 7.38. The smallest absolute Gasteiger partial charge is 0.333 e. The molecule has 0 amide bonds. The van der Waals surface area contributed by atoms with E-state index < -0.39 is 0 Å². The Morgan fingerprint density at radius 1 is 1.36 bits per heavy atom. The SMILES string of the molecule is C/C=C(\C)C(=O)OC.CC=O. The zero-order chi connectivity index (χ0) is 9.28. The first-order chi connectivity index (χ1) is 5.13. The van der Waals surface area contributed by atoms with E-state index in [1.807, 2.05) is 0 Å². The summed E-state index contributed by atoms with van der Waals surface area (Å²) in [4.78, 5) is 19.3. The summed E-state index contributed by atoms with van der Waals surface area (Å²) in [6.07, 6.45) is 2.46. The highest BCUT2D eigenvalue weighted by atomic mass is 16.5. The van der Waals surface area contributed by atoms with Crippen LogP contribution in [0.4, 0.5) is 0 Å². The molecule has 0 spiro atoms. The molecule has 0 atom stereocenters. The molecule has 0 heterocycles. The van der Waals surface area contributed by atoms with E-state index in [2.05, 4.69) is 4.74 Å². The van der Waals surface area contributed by atoms with Crippen LogP contribution in [0.15, 0.2) is 11.6 Å². The summed E-state index contributed by atoms with van der Waals surface area (Å²) in [6.45, 7) is 4.96. The molecule has 0 unspecified atom stereocenters. The molecular formula is C8H14O3. The van der Waals surface area contributed by atoms with E-state index >= 15 is 0 Å². The fourth-order valence-electron chi connectivity index (χ4n) is 0.279. The number of ether oxygens (including phenoxy) is 1. The van der Waals surface area contributed by atoms with Gasteiger partial charge in [-0.15, -0.1) is 0 Å². The van der Waals surface area contributed by atoms with Crippen molar-refractivity contribution in [2.24, 2.45) is 0 Å². The highest BCUT2D eigenvalue weighted by molar-refractivity contribution is 5.87. The Labute approximate surface area is 67.0 Å². The van der Waals surface area contributed by atoms with E-state index in [-0.39, 0.29) is 5.97 Å². The minimum Gasteiger partial charge on any atom is -0.466 e. The quantitative estimate of drug-likeness (QED) is 0.328. The van der Waals surface area contributed by atoms with E-state index in [4.69, 9.17) is 4.79 Å².